The average molecular weight is 390 g/mol. The van der Waals surface area contributed by atoms with Crippen LogP contribution in [0.15, 0.2) is 59.5 Å². The second-order valence-electron chi connectivity index (χ2n) is 6.12. The van der Waals surface area contributed by atoms with Gasteiger partial charge in [-0.15, -0.1) is 0 Å². The number of likely N-dealkylation sites (N-methyl/N-ethyl adjacent to an activating group) is 1. The summed E-state index contributed by atoms with van der Waals surface area (Å²) in [6, 6.07) is 15.4. The summed E-state index contributed by atoms with van der Waals surface area (Å²) in [6.07, 6.45) is 0. The second kappa shape index (κ2) is 10.2. The van der Waals surface area contributed by atoms with Gasteiger partial charge in [0.25, 0.3) is 5.91 Å². The number of rotatable bonds is 10. The fourth-order valence-corrected chi connectivity index (χ4v) is 3.69. The van der Waals surface area contributed by atoms with Crippen LogP contribution in [0, 0.1) is 0 Å². The molecule has 2 rings (SSSR count). The predicted octanol–water partition coefficient (Wildman–Crippen LogP) is 2.24. The summed E-state index contributed by atoms with van der Waals surface area (Å²) in [5, 5.41) is 2.84. The van der Waals surface area contributed by atoms with Gasteiger partial charge in [-0.05, 0) is 36.9 Å². The maximum Gasteiger partial charge on any atom is 0.251 e. The van der Waals surface area contributed by atoms with Crippen LogP contribution in [0.1, 0.15) is 29.8 Å². The molecule has 0 aliphatic carbocycles. The molecule has 0 radical (unpaired) electrons. The number of carbonyl (C=O) groups excluding carboxylic acids is 1. The van der Waals surface area contributed by atoms with Crippen LogP contribution in [0.4, 0.5) is 0 Å². The van der Waals surface area contributed by atoms with Crippen LogP contribution in [0.25, 0.3) is 0 Å². The highest BCUT2D eigenvalue weighted by Gasteiger charge is 2.16. The molecule has 27 heavy (non-hydrogen) atoms. The van der Waals surface area contributed by atoms with E-state index in [1.165, 1.54) is 12.1 Å². The fourth-order valence-electron chi connectivity index (χ4n) is 2.63. The van der Waals surface area contributed by atoms with E-state index in [0.717, 1.165) is 25.2 Å². The van der Waals surface area contributed by atoms with Crippen molar-refractivity contribution in [3.8, 4) is 0 Å². The first kappa shape index (κ1) is 21.1. The van der Waals surface area contributed by atoms with Gasteiger partial charge in [0.15, 0.2) is 0 Å². The standard InChI is InChI=1S/C20H27N3O3S/c1-3-23(4-2)14-13-21-20(24)18-11-8-12-19(15-18)27(25,26)22-16-17-9-6-5-7-10-17/h5-12,15,22H,3-4,13-14,16H2,1-2H3,(H,21,24). The van der Waals surface area contributed by atoms with Crippen LogP contribution in [-0.2, 0) is 16.6 Å². The number of sulfonamides is 1. The van der Waals surface area contributed by atoms with E-state index in [-0.39, 0.29) is 17.3 Å². The lowest BCUT2D eigenvalue weighted by Crippen LogP contribution is -2.34. The monoisotopic (exact) mass is 389 g/mol. The number of nitrogens with one attached hydrogen (secondary N) is 2. The first-order valence-corrected chi connectivity index (χ1v) is 10.6. The highest BCUT2D eigenvalue weighted by molar-refractivity contribution is 7.89. The Morgan fingerprint density at radius 1 is 1.00 bits per heavy atom. The van der Waals surface area contributed by atoms with Gasteiger partial charge in [0.05, 0.1) is 4.90 Å². The zero-order chi connectivity index (χ0) is 19.7. The second-order valence-corrected chi connectivity index (χ2v) is 7.89. The van der Waals surface area contributed by atoms with Gasteiger partial charge in [0.1, 0.15) is 0 Å². The fraction of sp³-hybridized carbons (Fsp3) is 0.350. The third-order valence-electron chi connectivity index (χ3n) is 4.32. The molecule has 6 nitrogen and oxygen atoms in total. The molecule has 0 atom stereocenters. The molecule has 0 aliphatic heterocycles. The summed E-state index contributed by atoms with van der Waals surface area (Å²) in [5.74, 6) is -0.276. The van der Waals surface area contributed by atoms with Crippen molar-refractivity contribution in [3.05, 3.63) is 65.7 Å². The van der Waals surface area contributed by atoms with Gasteiger partial charge in [-0.25, -0.2) is 13.1 Å². The van der Waals surface area contributed by atoms with Gasteiger partial charge in [0.2, 0.25) is 10.0 Å². The largest absolute Gasteiger partial charge is 0.351 e. The van der Waals surface area contributed by atoms with Gasteiger partial charge < -0.3 is 10.2 Å². The van der Waals surface area contributed by atoms with Crippen molar-refractivity contribution in [2.75, 3.05) is 26.2 Å². The number of hydrogen-bond acceptors (Lipinski definition) is 4. The molecular weight excluding hydrogens is 362 g/mol. The topological polar surface area (TPSA) is 78.5 Å². The van der Waals surface area contributed by atoms with Gasteiger partial charge in [-0.3, -0.25) is 4.79 Å². The van der Waals surface area contributed by atoms with E-state index in [2.05, 4.69) is 28.8 Å². The van der Waals surface area contributed by atoms with Crippen molar-refractivity contribution in [1.29, 1.82) is 0 Å². The van der Waals surface area contributed by atoms with Crippen LogP contribution in [0.2, 0.25) is 0 Å². The molecule has 0 spiro atoms. The molecule has 2 aromatic rings. The smallest absolute Gasteiger partial charge is 0.251 e. The summed E-state index contributed by atoms with van der Waals surface area (Å²) in [6.45, 7) is 7.47. The minimum Gasteiger partial charge on any atom is -0.351 e. The minimum absolute atomic E-state index is 0.0785. The summed E-state index contributed by atoms with van der Waals surface area (Å²) in [4.78, 5) is 14.6. The Balaban J connectivity index is 1.99. The molecule has 2 aromatic carbocycles. The lowest BCUT2D eigenvalue weighted by molar-refractivity contribution is 0.0948. The third kappa shape index (κ3) is 6.46. The van der Waals surface area contributed by atoms with Crippen LogP contribution in [0.3, 0.4) is 0 Å². The van der Waals surface area contributed by atoms with Gasteiger partial charge in [-0.2, -0.15) is 0 Å². The number of benzene rings is 2. The van der Waals surface area contributed by atoms with Crippen molar-refractivity contribution in [3.63, 3.8) is 0 Å². The van der Waals surface area contributed by atoms with Crippen molar-refractivity contribution in [2.24, 2.45) is 0 Å². The van der Waals surface area contributed by atoms with Crippen molar-refractivity contribution < 1.29 is 13.2 Å². The first-order chi connectivity index (χ1) is 13.0. The van der Waals surface area contributed by atoms with Gasteiger partial charge in [-0.1, -0.05) is 50.2 Å². The van der Waals surface area contributed by atoms with Crippen LogP contribution in [-0.4, -0.2) is 45.4 Å². The predicted molar refractivity (Wildman–Crippen MR) is 107 cm³/mol. The highest BCUT2D eigenvalue weighted by Crippen LogP contribution is 2.12. The zero-order valence-corrected chi connectivity index (χ0v) is 16.6. The van der Waals surface area contributed by atoms with Gasteiger partial charge >= 0.3 is 0 Å². The van der Waals surface area contributed by atoms with Crippen molar-refractivity contribution in [1.82, 2.24) is 14.9 Å². The summed E-state index contributed by atoms with van der Waals surface area (Å²) >= 11 is 0. The van der Waals surface area contributed by atoms with E-state index in [9.17, 15) is 13.2 Å². The molecule has 7 heteroatoms. The zero-order valence-electron chi connectivity index (χ0n) is 15.8. The number of hydrogen-bond donors (Lipinski definition) is 2. The Morgan fingerprint density at radius 2 is 1.70 bits per heavy atom. The van der Waals surface area contributed by atoms with Crippen LogP contribution < -0.4 is 10.0 Å². The molecule has 0 bridgehead atoms. The molecule has 0 aliphatic rings. The lowest BCUT2D eigenvalue weighted by atomic mass is 10.2. The van der Waals surface area contributed by atoms with E-state index < -0.39 is 10.0 Å². The molecule has 2 N–H and O–H groups in total. The lowest BCUT2D eigenvalue weighted by Gasteiger charge is -2.18. The summed E-state index contributed by atoms with van der Waals surface area (Å²) in [7, 11) is -3.69. The Bertz CT molecular complexity index is 835. The normalized spacial score (nSPS) is 11.5. The quantitative estimate of drug-likeness (QED) is 0.653. The van der Waals surface area contributed by atoms with E-state index in [4.69, 9.17) is 0 Å². The Hall–Kier alpha value is -2.22. The van der Waals surface area contributed by atoms with Gasteiger partial charge in [0, 0.05) is 25.2 Å². The van der Waals surface area contributed by atoms with Crippen molar-refractivity contribution >= 4 is 15.9 Å². The number of nitrogens with zero attached hydrogens (tertiary/aromatic N) is 1. The van der Waals surface area contributed by atoms with E-state index in [0.29, 0.717) is 12.1 Å². The SMILES string of the molecule is CCN(CC)CCNC(=O)c1cccc(S(=O)(=O)NCc2ccccc2)c1. The molecule has 0 fully saturated rings. The van der Waals surface area contributed by atoms with Crippen molar-refractivity contribution in [2.45, 2.75) is 25.3 Å². The Kier molecular flexibility index (Phi) is 7.97. The molecule has 146 valence electrons. The molecule has 0 unspecified atom stereocenters. The molecule has 0 heterocycles. The summed E-state index contributed by atoms with van der Waals surface area (Å²) in [5.41, 5.74) is 1.20. The minimum atomic E-state index is -3.69. The number of amides is 1. The van der Waals surface area contributed by atoms with Crippen LogP contribution in [0.5, 0.6) is 0 Å². The molecular formula is C20H27N3O3S. The Morgan fingerprint density at radius 3 is 2.37 bits per heavy atom. The van der Waals surface area contributed by atoms with E-state index in [1.54, 1.807) is 12.1 Å². The Labute approximate surface area is 161 Å². The van der Waals surface area contributed by atoms with E-state index >= 15 is 0 Å². The summed E-state index contributed by atoms with van der Waals surface area (Å²) < 4.78 is 27.6. The molecule has 0 saturated carbocycles. The highest BCUT2D eigenvalue weighted by atomic mass is 32.2. The maximum absolute atomic E-state index is 12.5. The molecule has 1 amide bonds. The van der Waals surface area contributed by atoms with E-state index in [1.807, 2.05) is 30.3 Å². The third-order valence-corrected chi connectivity index (χ3v) is 5.72. The van der Waals surface area contributed by atoms with Crippen LogP contribution >= 0.6 is 0 Å². The average Bonchev–Trinajstić information content (AvgIpc) is 2.70. The first-order valence-electron chi connectivity index (χ1n) is 9.10. The maximum atomic E-state index is 12.5. The molecule has 0 aromatic heterocycles. The number of carbonyl (C=O) groups is 1. The molecule has 0 saturated heterocycles.